The van der Waals surface area contributed by atoms with Crippen LogP contribution in [0.3, 0.4) is 0 Å². The Morgan fingerprint density at radius 2 is 2.05 bits per heavy atom. The lowest BCUT2D eigenvalue weighted by molar-refractivity contribution is -0.131. The first-order valence-electron chi connectivity index (χ1n) is 6.21. The summed E-state index contributed by atoms with van der Waals surface area (Å²) >= 11 is 0. The van der Waals surface area contributed by atoms with Crippen molar-refractivity contribution in [2.45, 2.75) is 31.7 Å². The quantitative estimate of drug-likeness (QED) is 0.785. The van der Waals surface area contributed by atoms with E-state index >= 15 is 0 Å². The second-order valence-electron chi connectivity index (χ2n) is 4.53. The van der Waals surface area contributed by atoms with Crippen LogP contribution in [0.5, 0.6) is 0 Å². The number of rotatable bonds is 6. The Labute approximate surface area is 122 Å². The third kappa shape index (κ3) is 3.82. The summed E-state index contributed by atoms with van der Waals surface area (Å²) in [5.74, 6) is -2.28. The number of sulfonamides is 1. The van der Waals surface area contributed by atoms with E-state index in [1.54, 1.807) is 14.0 Å². The number of aromatic carboxylic acids is 1. The van der Waals surface area contributed by atoms with E-state index in [9.17, 15) is 18.0 Å². The standard InChI is InChI=1S/C12H18N2O6S/c1-5-14(4)11(15)7(2)13-21(18,19)10-6-9(12(16)17)20-8(10)3/h6-7,13H,5H2,1-4H3,(H,16,17). The summed E-state index contributed by atoms with van der Waals surface area (Å²) in [6, 6.07) is -0.0525. The number of hydrogen-bond acceptors (Lipinski definition) is 5. The van der Waals surface area contributed by atoms with Gasteiger partial charge in [-0.2, -0.15) is 4.72 Å². The van der Waals surface area contributed by atoms with E-state index in [1.807, 2.05) is 0 Å². The van der Waals surface area contributed by atoms with Gasteiger partial charge < -0.3 is 14.4 Å². The molecule has 9 heteroatoms. The lowest BCUT2D eigenvalue weighted by atomic mass is 10.3. The van der Waals surface area contributed by atoms with Crippen LogP contribution in [0.2, 0.25) is 0 Å². The number of amides is 1. The van der Waals surface area contributed by atoms with Gasteiger partial charge in [0.2, 0.25) is 21.7 Å². The zero-order chi connectivity index (χ0) is 16.4. The molecule has 8 nitrogen and oxygen atoms in total. The summed E-state index contributed by atoms with van der Waals surface area (Å²) in [5.41, 5.74) is 0. The zero-order valence-corrected chi connectivity index (χ0v) is 13.0. The van der Waals surface area contributed by atoms with Crippen molar-refractivity contribution in [2.24, 2.45) is 0 Å². The third-order valence-corrected chi connectivity index (χ3v) is 4.57. The van der Waals surface area contributed by atoms with Crippen LogP contribution in [-0.2, 0) is 14.8 Å². The van der Waals surface area contributed by atoms with E-state index < -0.39 is 27.8 Å². The Bertz CT molecular complexity index is 649. The largest absolute Gasteiger partial charge is 0.475 e. The van der Waals surface area contributed by atoms with Crippen molar-refractivity contribution in [1.29, 1.82) is 0 Å². The molecule has 1 heterocycles. The van der Waals surface area contributed by atoms with E-state index in [0.717, 1.165) is 6.07 Å². The van der Waals surface area contributed by atoms with Crippen LogP contribution in [0.4, 0.5) is 0 Å². The molecule has 0 saturated heterocycles. The van der Waals surface area contributed by atoms with Gasteiger partial charge >= 0.3 is 5.97 Å². The second-order valence-corrected chi connectivity index (χ2v) is 6.21. The van der Waals surface area contributed by atoms with Crippen LogP contribution in [-0.4, -0.2) is 49.9 Å². The summed E-state index contributed by atoms with van der Waals surface area (Å²) < 4.78 is 31.4. The molecule has 1 unspecified atom stereocenters. The smallest absolute Gasteiger partial charge is 0.371 e. The van der Waals surface area contributed by atoms with Crippen molar-refractivity contribution in [3.8, 4) is 0 Å². The summed E-state index contributed by atoms with van der Waals surface area (Å²) in [5, 5.41) is 8.79. The predicted molar refractivity (Wildman–Crippen MR) is 73.5 cm³/mol. The van der Waals surface area contributed by atoms with Crippen LogP contribution >= 0.6 is 0 Å². The number of furan rings is 1. The molecule has 0 saturated carbocycles. The van der Waals surface area contributed by atoms with Crippen molar-refractivity contribution in [3.05, 3.63) is 17.6 Å². The molecule has 1 atom stereocenters. The van der Waals surface area contributed by atoms with E-state index in [4.69, 9.17) is 9.52 Å². The van der Waals surface area contributed by atoms with E-state index in [1.165, 1.54) is 18.7 Å². The van der Waals surface area contributed by atoms with Crippen molar-refractivity contribution in [2.75, 3.05) is 13.6 Å². The van der Waals surface area contributed by atoms with Gasteiger partial charge in [-0.25, -0.2) is 13.2 Å². The average molecular weight is 318 g/mol. The minimum Gasteiger partial charge on any atom is -0.475 e. The van der Waals surface area contributed by atoms with Crippen molar-refractivity contribution >= 4 is 21.9 Å². The maximum Gasteiger partial charge on any atom is 0.371 e. The highest BCUT2D eigenvalue weighted by Crippen LogP contribution is 2.20. The fourth-order valence-electron chi connectivity index (χ4n) is 1.67. The van der Waals surface area contributed by atoms with E-state index in [2.05, 4.69) is 4.72 Å². The molecular weight excluding hydrogens is 300 g/mol. The number of nitrogens with one attached hydrogen (secondary N) is 1. The van der Waals surface area contributed by atoms with Gasteiger partial charge in [0.1, 0.15) is 10.7 Å². The zero-order valence-electron chi connectivity index (χ0n) is 12.2. The van der Waals surface area contributed by atoms with Crippen LogP contribution in [0.1, 0.15) is 30.2 Å². The first-order chi connectivity index (χ1) is 9.60. The average Bonchev–Trinajstić information content (AvgIpc) is 2.79. The number of aryl methyl sites for hydroxylation is 1. The fourth-order valence-corrected chi connectivity index (χ4v) is 3.05. The normalized spacial score (nSPS) is 13.0. The first kappa shape index (κ1) is 17.2. The summed E-state index contributed by atoms with van der Waals surface area (Å²) in [4.78, 5) is 23.7. The minimum atomic E-state index is -4.04. The molecule has 2 N–H and O–H groups in total. The van der Waals surface area contributed by atoms with Gasteiger partial charge in [-0.15, -0.1) is 0 Å². The molecule has 0 fully saturated rings. The second kappa shape index (κ2) is 6.27. The molecule has 1 amide bonds. The Morgan fingerprint density at radius 1 is 1.48 bits per heavy atom. The third-order valence-electron chi connectivity index (χ3n) is 2.93. The monoisotopic (exact) mass is 318 g/mol. The van der Waals surface area contributed by atoms with Crippen LogP contribution in [0.15, 0.2) is 15.4 Å². The Hall–Kier alpha value is -1.87. The Morgan fingerprint density at radius 3 is 2.48 bits per heavy atom. The molecule has 1 aromatic heterocycles. The van der Waals surface area contributed by atoms with Crippen molar-refractivity contribution in [3.63, 3.8) is 0 Å². The van der Waals surface area contributed by atoms with Gasteiger partial charge in [-0.05, 0) is 20.8 Å². The molecule has 0 aliphatic rings. The number of carboxylic acid groups (broad SMARTS) is 1. The van der Waals surface area contributed by atoms with Crippen LogP contribution < -0.4 is 4.72 Å². The van der Waals surface area contributed by atoms with Crippen molar-refractivity contribution in [1.82, 2.24) is 9.62 Å². The lowest BCUT2D eigenvalue weighted by Gasteiger charge is -2.20. The van der Waals surface area contributed by atoms with Gasteiger partial charge in [-0.1, -0.05) is 0 Å². The highest BCUT2D eigenvalue weighted by atomic mass is 32.2. The van der Waals surface area contributed by atoms with Crippen molar-refractivity contribution < 1.29 is 27.5 Å². The highest BCUT2D eigenvalue weighted by molar-refractivity contribution is 7.89. The van der Waals surface area contributed by atoms with Gasteiger partial charge in [0, 0.05) is 19.7 Å². The van der Waals surface area contributed by atoms with Gasteiger partial charge in [0.05, 0.1) is 6.04 Å². The number of hydrogen-bond donors (Lipinski definition) is 2. The molecule has 0 spiro atoms. The van der Waals surface area contributed by atoms with Gasteiger partial charge in [0.15, 0.2) is 0 Å². The lowest BCUT2D eigenvalue weighted by Crippen LogP contribution is -2.45. The number of carbonyl (C=O) groups is 2. The highest BCUT2D eigenvalue weighted by Gasteiger charge is 2.28. The molecule has 21 heavy (non-hydrogen) atoms. The van der Waals surface area contributed by atoms with Gasteiger partial charge in [0.25, 0.3) is 0 Å². The molecule has 0 bridgehead atoms. The SMILES string of the molecule is CCN(C)C(=O)C(C)NS(=O)(=O)c1cc(C(=O)O)oc1C. The molecule has 0 aliphatic carbocycles. The maximum atomic E-state index is 12.2. The first-order valence-corrected chi connectivity index (χ1v) is 7.69. The maximum absolute atomic E-state index is 12.2. The number of carboxylic acids is 1. The molecule has 0 aliphatic heterocycles. The molecule has 1 rings (SSSR count). The molecule has 118 valence electrons. The summed E-state index contributed by atoms with van der Waals surface area (Å²) in [6.07, 6.45) is 0. The number of carbonyl (C=O) groups excluding carboxylic acids is 1. The van der Waals surface area contributed by atoms with E-state index in [-0.39, 0.29) is 16.6 Å². The molecule has 0 radical (unpaired) electrons. The van der Waals surface area contributed by atoms with Crippen LogP contribution in [0.25, 0.3) is 0 Å². The molecular formula is C12H18N2O6S. The molecule has 0 aromatic carbocycles. The fraction of sp³-hybridized carbons (Fsp3) is 0.500. The predicted octanol–water partition coefficient (Wildman–Crippen LogP) is 0.431. The Kier molecular flexibility index (Phi) is 5.13. The molecule has 1 aromatic rings. The van der Waals surface area contributed by atoms with Crippen LogP contribution in [0, 0.1) is 6.92 Å². The summed E-state index contributed by atoms with van der Waals surface area (Å²) in [7, 11) is -2.49. The van der Waals surface area contributed by atoms with E-state index in [0.29, 0.717) is 6.54 Å². The number of likely N-dealkylation sites (N-methyl/N-ethyl adjacent to an activating group) is 1. The minimum absolute atomic E-state index is 0.0524. The Balaban J connectivity index is 3.02. The summed E-state index contributed by atoms with van der Waals surface area (Å²) in [6.45, 7) is 4.96. The topological polar surface area (TPSA) is 117 Å². The number of nitrogens with zero attached hydrogens (tertiary/aromatic N) is 1. The van der Waals surface area contributed by atoms with Gasteiger partial charge in [-0.3, -0.25) is 4.79 Å².